The normalized spacial score (nSPS) is 10.4. The van der Waals surface area contributed by atoms with Gasteiger partial charge in [0.05, 0.1) is 30.9 Å². The molecular weight excluding hydrogens is 260 g/mol. The van der Waals surface area contributed by atoms with Crippen molar-refractivity contribution in [1.29, 1.82) is 0 Å². The van der Waals surface area contributed by atoms with Crippen molar-refractivity contribution >= 4 is 0 Å². The summed E-state index contributed by atoms with van der Waals surface area (Å²) in [4.78, 5) is 9.03. The van der Waals surface area contributed by atoms with Crippen LogP contribution >= 0.6 is 0 Å². The van der Waals surface area contributed by atoms with Gasteiger partial charge >= 0.3 is 0 Å². The van der Waals surface area contributed by atoms with E-state index in [0.717, 1.165) is 28.3 Å². The first-order chi connectivity index (χ1) is 10.3. The van der Waals surface area contributed by atoms with Gasteiger partial charge < -0.3 is 4.74 Å². The summed E-state index contributed by atoms with van der Waals surface area (Å²) in [6.07, 6.45) is 3.61. The van der Waals surface area contributed by atoms with Crippen LogP contribution in [0.4, 0.5) is 0 Å². The maximum absolute atomic E-state index is 5.23. The molecule has 0 saturated carbocycles. The van der Waals surface area contributed by atoms with Crippen LogP contribution in [0.1, 0.15) is 5.56 Å². The molecule has 0 saturated heterocycles. The van der Waals surface area contributed by atoms with Crippen LogP contribution < -0.4 is 4.74 Å². The molecule has 104 valence electrons. The van der Waals surface area contributed by atoms with E-state index >= 15 is 0 Å². The van der Waals surface area contributed by atoms with E-state index < -0.39 is 0 Å². The molecule has 0 amide bonds. The van der Waals surface area contributed by atoms with E-state index in [9.17, 15) is 0 Å². The summed E-state index contributed by atoms with van der Waals surface area (Å²) in [6.45, 7) is 2.07. The summed E-state index contributed by atoms with van der Waals surface area (Å²) in [7, 11) is 1.66. The first-order valence-electron chi connectivity index (χ1n) is 6.80. The standard InChI is InChI=1S/C18H16N2O/c1-13-5-3-6-14(9-13)17-11-20-18(12-19-17)15-7-4-8-16(10-15)21-2/h3-12H,1-2H3. The lowest BCUT2D eigenvalue weighted by molar-refractivity contribution is 0.415. The molecule has 3 rings (SSSR count). The minimum atomic E-state index is 0.817. The van der Waals surface area contributed by atoms with Crippen LogP contribution in [0.5, 0.6) is 5.75 Å². The second-order valence-electron chi connectivity index (χ2n) is 4.89. The average Bonchev–Trinajstić information content (AvgIpc) is 2.55. The fraction of sp³-hybridized carbons (Fsp3) is 0.111. The summed E-state index contributed by atoms with van der Waals surface area (Å²) in [5.41, 5.74) is 5.01. The Bertz CT molecular complexity index is 751. The molecule has 3 nitrogen and oxygen atoms in total. The number of benzene rings is 2. The van der Waals surface area contributed by atoms with E-state index in [2.05, 4.69) is 29.0 Å². The van der Waals surface area contributed by atoms with E-state index in [-0.39, 0.29) is 0 Å². The van der Waals surface area contributed by atoms with Gasteiger partial charge in [0.15, 0.2) is 0 Å². The molecule has 0 bridgehead atoms. The van der Waals surface area contributed by atoms with Gasteiger partial charge in [-0.05, 0) is 25.1 Å². The molecule has 3 aromatic rings. The highest BCUT2D eigenvalue weighted by molar-refractivity contribution is 5.64. The fourth-order valence-electron chi connectivity index (χ4n) is 2.21. The van der Waals surface area contributed by atoms with Crippen LogP contribution in [-0.4, -0.2) is 17.1 Å². The molecule has 0 fully saturated rings. The molecule has 0 aliphatic rings. The van der Waals surface area contributed by atoms with Crippen molar-refractivity contribution in [2.24, 2.45) is 0 Å². The second kappa shape index (κ2) is 5.75. The number of rotatable bonds is 3. The van der Waals surface area contributed by atoms with Gasteiger partial charge in [0.1, 0.15) is 5.75 Å². The van der Waals surface area contributed by atoms with E-state index in [4.69, 9.17) is 4.74 Å². The largest absolute Gasteiger partial charge is 0.497 e. The smallest absolute Gasteiger partial charge is 0.119 e. The van der Waals surface area contributed by atoms with Crippen LogP contribution in [0.25, 0.3) is 22.5 Å². The van der Waals surface area contributed by atoms with Gasteiger partial charge in [-0.1, -0.05) is 35.9 Å². The number of nitrogens with zero attached hydrogens (tertiary/aromatic N) is 2. The predicted molar refractivity (Wildman–Crippen MR) is 84.2 cm³/mol. The zero-order chi connectivity index (χ0) is 14.7. The van der Waals surface area contributed by atoms with Gasteiger partial charge in [-0.25, -0.2) is 0 Å². The van der Waals surface area contributed by atoms with Crippen molar-refractivity contribution in [2.75, 3.05) is 7.11 Å². The maximum Gasteiger partial charge on any atom is 0.119 e. The molecule has 0 unspecified atom stereocenters. The van der Waals surface area contributed by atoms with Crippen molar-refractivity contribution in [2.45, 2.75) is 6.92 Å². The van der Waals surface area contributed by atoms with Crippen molar-refractivity contribution < 1.29 is 4.74 Å². The summed E-state index contributed by atoms with van der Waals surface area (Å²) in [5.74, 6) is 0.817. The quantitative estimate of drug-likeness (QED) is 0.721. The molecule has 1 aromatic heterocycles. The van der Waals surface area contributed by atoms with E-state index in [1.54, 1.807) is 13.3 Å². The number of hydrogen-bond donors (Lipinski definition) is 0. The maximum atomic E-state index is 5.23. The van der Waals surface area contributed by atoms with Crippen molar-refractivity contribution in [1.82, 2.24) is 9.97 Å². The zero-order valence-corrected chi connectivity index (χ0v) is 12.1. The Kier molecular flexibility index (Phi) is 3.65. The Morgan fingerprint density at radius 1 is 0.810 bits per heavy atom. The lowest BCUT2D eigenvalue weighted by Gasteiger charge is -2.05. The summed E-state index contributed by atoms with van der Waals surface area (Å²) in [6, 6.07) is 16.1. The monoisotopic (exact) mass is 276 g/mol. The molecule has 21 heavy (non-hydrogen) atoms. The lowest BCUT2D eigenvalue weighted by atomic mass is 10.1. The molecule has 0 N–H and O–H groups in total. The van der Waals surface area contributed by atoms with Crippen molar-refractivity contribution in [3.05, 3.63) is 66.5 Å². The summed E-state index contributed by atoms with van der Waals surface area (Å²) >= 11 is 0. The molecule has 3 heteroatoms. The lowest BCUT2D eigenvalue weighted by Crippen LogP contribution is -1.90. The third-order valence-electron chi connectivity index (χ3n) is 3.33. The fourth-order valence-corrected chi connectivity index (χ4v) is 2.21. The van der Waals surface area contributed by atoms with Crippen LogP contribution in [0.3, 0.4) is 0 Å². The highest BCUT2D eigenvalue weighted by Crippen LogP contribution is 2.23. The third-order valence-corrected chi connectivity index (χ3v) is 3.33. The number of ether oxygens (including phenoxy) is 1. The SMILES string of the molecule is COc1cccc(-c2cnc(-c3cccc(C)c3)cn2)c1. The number of aromatic nitrogens is 2. The zero-order valence-electron chi connectivity index (χ0n) is 12.1. The van der Waals surface area contributed by atoms with Gasteiger partial charge in [0.2, 0.25) is 0 Å². The molecule has 0 atom stereocenters. The van der Waals surface area contributed by atoms with Crippen molar-refractivity contribution in [3.8, 4) is 28.3 Å². The van der Waals surface area contributed by atoms with E-state index in [1.807, 2.05) is 42.6 Å². The minimum absolute atomic E-state index is 0.817. The first-order valence-corrected chi connectivity index (χ1v) is 6.80. The van der Waals surface area contributed by atoms with Crippen LogP contribution in [0.2, 0.25) is 0 Å². The van der Waals surface area contributed by atoms with Gasteiger partial charge in [-0.2, -0.15) is 0 Å². The topological polar surface area (TPSA) is 35.0 Å². The Morgan fingerprint density at radius 3 is 2.00 bits per heavy atom. The Hall–Kier alpha value is -2.68. The molecule has 0 aliphatic heterocycles. The van der Waals surface area contributed by atoms with Gasteiger partial charge in [0.25, 0.3) is 0 Å². The summed E-state index contributed by atoms with van der Waals surface area (Å²) < 4.78 is 5.23. The molecular formula is C18H16N2O. The van der Waals surface area contributed by atoms with Gasteiger partial charge in [-0.15, -0.1) is 0 Å². The molecule has 1 heterocycles. The molecule has 0 radical (unpaired) electrons. The van der Waals surface area contributed by atoms with Gasteiger partial charge in [-0.3, -0.25) is 9.97 Å². The van der Waals surface area contributed by atoms with Gasteiger partial charge in [0, 0.05) is 11.1 Å². The summed E-state index contributed by atoms with van der Waals surface area (Å²) in [5, 5.41) is 0. The predicted octanol–water partition coefficient (Wildman–Crippen LogP) is 4.13. The first kappa shape index (κ1) is 13.3. The number of aryl methyl sites for hydroxylation is 1. The number of methoxy groups -OCH3 is 1. The van der Waals surface area contributed by atoms with Crippen LogP contribution in [-0.2, 0) is 0 Å². The third kappa shape index (κ3) is 2.92. The van der Waals surface area contributed by atoms with Crippen LogP contribution in [0.15, 0.2) is 60.9 Å². The Morgan fingerprint density at radius 2 is 1.43 bits per heavy atom. The second-order valence-corrected chi connectivity index (χ2v) is 4.89. The minimum Gasteiger partial charge on any atom is -0.497 e. The molecule has 0 spiro atoms. The van der Waals surface area contributed by atoms with E-state index in [0.29, 0.717) is 0 Å². The Balaban J connectivity index is 1.93. The van der Waals surface area contributed by atoms with Crippen LogP contribution in [0, 0.1) is 6.92 Å². The average molecular weight is 276 g/mol. The number of hydrogen-bond acceptors (Lipinski definition) is 3. The highest BCUT2D eigenvalue weighted by Gasteiger charge is 2.04. The Labute approximate surface area is 124 Å². The molecule has 2 aromatic carbocycles. The van der Waals surface area contributed by atoms with E-state index in [1.165, 1.54) is 5.56 Å². The van der Waals surface area contributed by atoms with Crippen molar-refractivity contribution in [3.63, 3.8) is 0 Å². The molecule has 0 aliphatic carbocycles. The highest BCUT2D eigenvalue weighted by atomic mass is 16.5.